The van der Waals surface area contributed by atoms with Crippen molar-refractivity contribution in [3.8, 4) is 0 Å². The Morgan fingerprint density at radius 3 is 2.76 bits per heavy atom. The van der Waals surface area contributed by atoms with Gasteiger partial charge in [0.25, 0.3) is 0 Å². The maximum atomic E-state index is 13.2. The topological polar surface area (TPSA) is 38.5 Å². The van der Waals surface area contributed by atoms with Gasteiger partial charge >= 0.3 is 6.18 Å². The predicted molar refractivity (Wildman–Crippen MR) is 79.6 cm³/mol. The van der Waals surface area contributed by atoms with Crippen LogP contribution in [-0.4, -0.2) is 30.8 Å². The number of benzene rings is 1. The highest BCUT2D eigenvalue weighted by molar-refractivity contribution is 7.80. The molecule has 21 heavy (non-hydrogen) atoms. The summed E-state index contributed by atoms with van der Waals surface area (Å²) >= 11 is 4.70. The molecule has 0 spiro atoms. The molecule has 116 valence electrons. The molecule has 0 aliphatic carbocycles. The van der Waals surface area contributed by atoms with Crippen LogP contribution in [0.5, 0.6) is 0 Å². The van der Waals surface area contributed by atoms with Gasteiger partial charge in [-0.05, 0) is 31.5 Å². The van der Waals surface area contributed by atoms with E-state index in [0.29, 0.717) is 25.4 Å². The summed E-state index contributed by atoms with van der Waals surface area (Å²) < 4.78 is 45.0. The van der Waals surface area contributed by atoms with Crippen molar-refractivity contribution in [3.05, 3.63) is 29.3 Å². The Labute approximate surface area is 126 Å². The van der Waals surface area contributed by atoms with E-state index in [1.54, 1.807) is 6.07 Å². The predicted octanol–water partition coefficient (Wildman–Crippen LogP) is 2.95. The summed E-state index contributed by atoms with van der Waals surface area (Å²) in [6.45, 7) is 3.75. The second-order valence-corrected chi connectivity index (χ2v) is 5.51. The lowest BCUT2D eigenvalue weighted by Crippen LogP contribution is -2.30. The molecule has 0 aromatic heterocycles. The molecule has 2 rings (SSSR count). The summed E-state index contributed by atoms with van der Waals surface area (Å²) in [7, 11) is 0. The molecule has 1 heterocycles. The van der Waals surface area contributed by atoms with Gasteiger partial charge in [-0.3, -0.25) is 0 Å². The average molecular weight is 318 g/mol. The first-order valence-electron chi connectivity index (χ1n) is 6.66. The number of halogens is 3. The molecule has 7 heteroatoms. The highest BCUT2D eigenvalue weighted by Gasteiger charge is 2.34. The molecule has 1 aliphatic heterocycles. The van der Waals surface area contributed by atoms with Crippen LogP contribution >= 0.6 is 12.2 Å². The fourth-order valence-corrected chi connectivity index (χ4v) is 2.59. The third-order valence-corrected chi connectivity index (χ3v) is 3.61. The lowest BCUT2D eigenvalue weighted by atomic mass is 10.1. The minimum absolute atomic E-state index is 0.0166. The first kappa shape index (κ1) is 16.0. The van der Waals surface area contributed by atoms with Crippen molar-refractivity contribution in [3.63, 3.8) is 0 Å². The molecule has 1 saturated heterocycles. The Kier molecular flexibility index (Phi) is 4.73. The minimum Gasteiger partial charge on any atom is -0.389 e. The number of nitrogens with two attached hydrogens (primary N) is 1. The normalized spacial score (nSPS) is 20.2. The molecular weight excluding hydrogens is 301 g/mol. The monoisotopic (exact) mass is 318 g/mol. The van der Waals surface area contributed by atoms with Gasteiger partial charge in [-0.15, -0.1) is 0 Å². The van der Waals surface area contributed by atoms with Crippen LogP contribution in [0.2, 0.25) is 0 Å². The van der Waals surface area contributed by atoms with Gasteiger partial charge in [0.1, 0.15) is 4.99 Å². The van der Waals surface area contributed by atoms with E-state index >= 15 is 0 Å². The van der Waals surface area contributed by atoms with Crippen LogP contribution in [0.15, 0.2) is 18.2 Å². The number of alkyl halides is 3. The third kappa shape index (κ3) is 3.85. The van der Waals surface area contributed by atoms with E-state index < -0.39 is 11.7 Å². The van der Waals surface area contributed by atoms with Crippen LogP contribution in [0.1, 0.15) is 24.5 Å². The number of hydrogen-bond acceptors (Lipinski definition) is 3. The average Bonchev–Trinajstić information content (AvgIpc) is 2.61. The van der Waals surface area contributed by atoms with Crippen molar-refractivity contribution < 1.29 is 17.9 Å². The Morgan fingerprint density at radius 2 is 2.14 bits per heavy atom. The van der Waals surface area contributed by atoms with Crippen LogP contribution in [0.4, 0.5) is 18.9 Å². The van der Waals surface area contributed by atoms with E-state index in [-0.39, 0.29) is 16.7 Å². The summed E-state index contributed by atoms with van der Waals surface area (Å²) in [5.41, 5.74) is 4.97. The number of hydrogen-bond donors (Lipinski definition) is 1. The Bertz CT molecular complexity index is 533. The minimum atomic E-state index is -4.48. The van der Waals surface area contributed by atoms with Crippen LogP contribution in [0.25, 0.3) is 0 Å². The number of nitrogens with zero attached hydrogens (tertiary/aromatic N) is 1. The molecule has 0 saturated carbocycles. The van der Waals surface area contributed by atoms with E-state index in [1.807, 2.05) is 11.8 Å². The fraction of sp³-hybridized carbons (Fsp3) is 0.500. The second kappa shape index (κ2) is 6.19. The van der Waals surface area contributed by atoms with Crippen LogP contribution in [0.3, 0.4) is 0 Å². The van der Waals surface area contributed by atoms with E-state index in [4.69, 9.17) is 22.7 Å². The second-order valence-electron chi connectivity index (χ2n) is 5.07. The molecule has 0 bridgehead atoms. The van der Waals surface area contributed by atoms with E-state index in [1.165, 1.54) is 6.07 Å². The van der Waals surface area contributed by atoms with Crippen LogP contribution in [0, 0.1) is 0 Å². The van der Waals surface area contributed by atoms with E-state index in [2.05, 4.69) is 0 Å². The molecule has 1 unspecified atom stereocenters. The van der Waals surface area contributed by atoms with E-state index in [0.717, 1.165) is 12.5 Å². The molecule has 1 aliphatic rings. The zero-order valence-corrected chi connectivity index (χ0v) is 12.4. The van der Waals surface area contributed by atoms with Crippen molar-refractivity contribution in [2.24, 2.45) is 5.73 Å². The third-order valence-electron chi connectivity index (χ3n) is 3.39. The summed E-state index contributed by atoms with van der Waals surface area (Å²) in [5.74, 6) is 0. The lowest BCUT2D eigenvalue weighted by molar-refractivity contribution is -0.137. The van der Waals surface area contributed by atoms with Gasteiger partial charge < -0.3 is 15.4 Å². The van der Waals surface area contributed by atoms with Crippen molar-refractivity contribution in [2.45, 2.75) is 25.6 Å². The molecule has 1 atom stereocenters. The molecule has 1 fully saturated rings. The fourth-order valence-electron chi connectivity index (χ4n) is 2.41. The summed E-state index contributed by atoms with van der Waals surface area (Å²) in [6, 6.07) is 4.09. The van der Waals surface area contributed by atoms with Gasteiger partial charge in [0.15, 0.2) is 0 Å². The maximum Gasteiger partial charge on any atom is 0.417 e. The standard InChI is InChI=1S/C14H17F3N2OS/c1-9-8-19(5-2-6-20-9)10-3-4-11(13(18)21)12(7-10)14(15,16)17/h3-4,7,9H,2,5-6,8H2,1H3,(H2,18,21). The first-order chi connectivity index (χ1) is 9.79. The highest BCUT2D eigenvalue weighted by atomic mass is 32.1. The molecule has 1 aromatic carbocycles. The van der Waals surface area contributed by atoms with Gasteiger partial charge in [0.2, 0.25) is 0 Å². The van der Waals surface area contributed by atoms with E-state index in [9.17, 15) is 13.2 Å². The zero-order valence-electron chi connectivity index (χ0n) is 11.6. The quantitative estimate of drug-likeness (QED) is 0.851. The lowest BCUT2D eigenvalue weighted by Gasteiger charge is -2.26. The van der Waals surface area contributed by atoms with Gasteiger partial charge in [0, 0.05) is 30.9 Å². The Balaban J connectivity index is 2.39. The Morgan fingerprint density at radius 1 is 1.43 bits per heavy atom. The molecule has 2 N–H and O–H groups in total. The molecule has 0 radical (unpaired) electrons. The maximum absolute atomic E-state index is 13.2. The Hall–Kier alpha value is -1.34. The van der Waals surface area contributed by atoms with Crippen LogP contribution in [-0.2, 0) is 10.9 Å². The molecule has 1 aromatic rings. The molecule has 0 amide bonds. The van der Waals surface area contributed by atoms with Gasteiger partial charge in [-0.2, -0.15) is 13.2 Å². The number of rotatable bonds is 2. The van der Waals surface area contributed by atoms with Crippen molar-refractivity contribution in [2.75, 3.05) is 24.6 Å². The number of ether oxygens (including phenoxy) is 1. The number of thiocarbonyl (C=S) groups is 1. The zero-order chi connectivity index (χ0) is 15.6. The number of anilines is 1. The van der Waals surface area contributed by atoms with Crippen molar-refractivity contribution >= 4 is 22.9 Å². The van der Waals surface area contributed by atoms with Gasteiger partial charge in [0.05, 0.1) is 11.7 Å². The first-order valence-corrected chi connectivity index (χ1v) is 7.07. The highest BCUT2D eigenvalue weighted by Crippen LogP contribution is 2.35. The van der Waals surface area contributed by atoms with Crippen molar-refractivity contribution in [1.29, 1.82) is 0 Å². The summed E-state index contributed by atoms with van der Waals surface area (Å²) in [4.78, 5) is 1.65. The summed E-state index contributed by atoms with van der Waals surface area (Å²) in [6.07, 6.45) is -3.72. The summed E-state index contributed by atoms with van der Waals surface area (Å²) in [5, 5.41) is 0. The largest absolute Gasteiger partial charge is 0.417 e. The smallest absolute Gasteiger partial charge is 0.389 e. The molecular formula is C14H17F3N2OS. The van der Waals surface area contributed by atoms with Gasteiger partial charge in [-0.1, -0.05) is 12.2 Å². The SMILES string of the molecule is CC1CN(c2ccc(C(N)=S)c(C(F)(F)F)c2)CCCO1. The van der Waals surface area contributed by atoms with Gasteiger partial charge in [-0.25, -0.2) is 0 Å². The van der Waals surface area contributed by atoms with Crippen molar-refractivity contribution in [1.82, 2.24) is 0 Å². The molecule has 3 nitrogen and oxygen atoms in total. The van der Waals surface area contributed by atoms with Crippen LogP contribution < -0.4 is 10.6 Å².